The van der Waals surface area contributed by atoms with E-state index in [-0.39, 0.29) is 11.3 Å². The van der Waals surface area contributed by atoms with Crippen LogP contribution in [0.3, 0.4) is 0 Å². The molecule has 7 heteroatoms. The van der Waals surface area contributed by atoms with E-state index in [9.17, 15) is 14.0 Å². The molecule has 3 rings (SSSR count). The molecule has 3 N–H and O–H groups in total. The standard InChI is InChI=1S/C14H9BrFN3O2/c15-9-3-1-7(5-10(9)16)13(20)17-8-2-4-11-12(6-8)19-14(21)18-11/h1-6H,(H,17,20)(H2,18,19,21). The van der Waals surface area contributed by atoms with Crippen LogP contribution in [0.1, 0.15) is 10.4 Å². The van der Waals surface area contributed by atoms with E-state index in [1.165, 1.54) is 12.1 Å². The number of H-pyrrole nitrogens is 2. The van der Waals surface area contributed by atoms with Gasteiger partial charge in [0.15, 0.2) is 0 Å². The summed E-state index contributed by atoms with van der Waals surface area (Å²) in [7, 11) is 0. The van der Waals surface area contributed by atoms with Gasteiger partial charge in [0.25, 0.3) is 5.91 Å². The smallest absolute Gasteiger partial charge is 0.322 e. The Morgan fingerprint density at radius 1 is 1.10 bits per heavy atom. The number of aromatic nitrogens is 2. The van der Waals surface area contributed by atoms with Gasteiger partial charge in [-0.25, -0.2) is 9.18 Å². The number of hydrogen-bond acceptors (Lipinski definition) is 2. The first-order valence-electron chi connectivity index (χ1n) is 6.01. The van der Waals surface area contributed by atoms with Crippen molar-refractivity contribution in [1.82, 2.24) is 9.97 Å². The van der Waals surface area contributed by atoms with E-state index in [0.717, 1.165) is 6.07 Å². The Kier molecular flexibility index (Phi) is 3.34. The van der Waals surface area contributed by atoms with Gasteiger partial charge in [-0.05, 0) is 52.3 Å². The molecule has 106 valence electrons. The third-order valence-electron chi connectivity index (χ3n) is 2.96. The van der Waals surface area contributed by atoms with Crippen LogP contribution in [0.2, 0.25) is 0 Å². The summed E-state index contributed by atoms with van der Waals surface area (Å²) in [6.45, 7) is 0. The molecule has 0 atom stereocenters. The summed E-state index contributed by atoms with van der Waals surface area (Å²) in [6.07, 6.45) is 0. The molecular formula is C14H9BrFN3O2. The summed E-state index contributed by atoms with van der Waals surface area (Å²) < 4.78 is 13.7. The van der Waals surface area contributed by atoms with E-state index in [1.807, 2.05) is 0 Å². The quantitative estimate of drug-likeness (QED) is 0.664. The predicted octanol–water partition coefficient (Wildman–Crippen LogP) is 3.01. The Hall–Kier alpha value is -2.41. The number of anilines is 1. The normalized spacial score (nSPS) is 10.8. The van der Waals surface area contributed by atoms with Gasteiger partial charge in [0.2, 0.25) is 0 Å². The number of amides is 1. The van der Waals surface area contributed by atoms with E-state index in [4.69, 9.17) is 0 Å². The Labute approximate surface area is 126 Å². The van der Waals surface area contributed by atoms with Crippen molar-refractivity contribution in [1.29, 1.82) is 0 Å². The average Bonchev–Trinajstić information content (AvgIpc) is 2.81. The minimum Gasteiger partial charge on any atom is -0.322 e. The van der Waals surface area contributed by atoms with Crippen molar-refractivity contribution in [2.45, 2.75) is 0 Å². The van der Waals surface area contributed by atoms with E-state index >= 15 is 0 Å². The zero-order valence-corrected chi connectivity index (χ0v) is 12.1. The molecule has 2 aromatic carbocycles. The van der Waals surface area contributed by atoms with Gasteiger partial charge in [-0.3, -0.25) is 4.79 Å². The topological polar surface area (TPSA) is 77.8 Å². The van der Waals surface area contributed by atoms with Crippen LogP contribution in [0.15, 0.2) is 45.7 Å². The summed E-state index contributed by atoms with van der Waals surface area (Å²) in [6, 6.07) is 9.08. The molecule has 0 aliphatic rings. The van der Waals surface area contributed by atoms with Crippen LogP contribution in [0.25, 0.3) is 11.0 Å². The fourth-order valence-corrected chi connectivity index (χ4v) is 2.20. The van der Waals surface area contributed by atoms with Gasteiger partial charge in [0.05, 0.1) is 15.5 Å². The maximum absolute atomic E-state index is 13.4. The van der Waals surface area contributed by atoms with Crippen molar-refractivity contribution in [3.8, 4) is 0 Å². The third-order valence-corrected chi connectivity index (χ3v) is 3.60. The monoisotopic (exact) mass is 349 g/mol. The molecule has 1 heterocycles. The molecule has 3 aromatic rings. The molecule has 5 nitrogen and oxygen atoms in total. The van der Waals surface area contributed by atoms with Crippen molar-refractivity contribution in [3.05, 3.63) is 62.7 Å². The lowest BCUT2D eigenvalue weighted by molar-refractivity contribution is 0.102. The molecule has 0 saturated heterocycles. The first kappa shape index (κ1) is 13.6. The molecule has 0 saturated carbocycles. The highest BCUT2D eigenvalue weighted by Crippen LogP contribution is 2.19. The van der Waals surface area contributed by atoms with Crippen molar-refractivity contribution >= 4 is 38.6 Å². The maximum Gasteiger partial charge on any atom is 0.323 e. The first-order valence-corrected chi connectivity index (χ1v) is 6.81. The molecule has 1 amide bonds. The molecule has 0 bridgehead atoms. The molecule has 0 radical (unpaired) electrons. The second-order valence-electron chi connectivity index (χ2n) is 4.42. The number of fused-ring (bicyclic) bond motifs is 1. The number of rotatable bonds is 2. The van der Waals surface area contributed by atoms with Crippen LogP contribution in [-0.4, -0.2) is 15.9 Å². The third kappa shape index (κ3) is 2.73. The van der Waals surface area contributed by atoms with Gasteiger partial charge < -0.3 is 15.3 Å². The van der Waals surface area contributed by atoms with Crippen LogP contribution in [0, 0.1) is 5.82 Å². The molecule has 0 aliphatic heterocycles. The molecule has 0 aliphatic carbocycles. The Morgan fingerprint density at radius 2 is 1.86 bits per heavy atom. The number of imidazole rings is 1. The summed E-state index contributed by atoms with van der Waals surface area (Å²) in [5.74, 6) is -0.938. The largest absolute Gasteiger partial charge is 0.323 e. The van der Waals surface area contributed by atoms with Gasteiger partial charge >= 0.3 is 5.69 Å². The Morgan fingerprint density at radius 3 is 2.62 bits per heavy atom. The van der Waals surface area contributed by atoms with Crippen LogP contribution in [0.4, 0.5) is 10.1 Å². The van der Waals surface area contributed by atoms with Crippen molar-refractivity contribution in [2.75, 3.05) is 5.32 Å². The zero-order chi connectivity index (χ0) is 15.0. The second kappa shape index (κ2) is 5.17. The fourth-order valence-electron chi connectivity index (χ4n) is 1.95. The fraction of sp³-hybridized carbons (Fsp3) is 0. The lowest BCUT2D eigenvalue weighted by Gasteiger charge is -2.06. The van der Waals surface area contributed by atoms with Crippen LogP contribution in [0.5, 0.6) is 0 Å². The van der Waals surface area contributed by atoms with Gasteiger partial charge in [-0.1, -0.05) is 0 Å². The van der Waals surface area contributed by atoms with Gasteiger partial charge in [0.1, 0.15) is 5.82 Å². The lowest BCUT2D eigenvalue weighted by atomic mass is 10.2. The van der Waals surface area contributed by atoms with E-state index < -0.39 is 11.7 Å². The zero-order valence-electron chi connectivity index (χ0n) is 10.5. The lowest BCUT2D eigenvalue weighted by Crippen LogP contribution is -2.12. The SMILES string of the molecule is O=C(Nc1ccc2[nH]c(=O)[nH]c2c1)c1ccc(Br)c(F)c1. The highest BCUT2D eigenvalue weighted by Gasteiger charge is 2.09. The molecular weight excluding hydrogens is 341 g/mol. The average molecular weight is 350 g/mol. The van der Waals surface area contributed by atoms with Crippen molar-refractivity contribution in [3.63, 3.8) is 0 Å². The minimum absolute atomic E-state index is 0.207. The van der Waals surface area contributed by atoms with Crippen molar-refractivity contribution in [2.24, 2.45) is 0 Å². The summed E-state index contributed by atoms with van der Waals surface area (Å²) >= 11 is 3.03. The molecule has 1 aromatic heterocycles. The molecule has 21 heavy (non-hydrogen) atoms. The predicted molar refractivity (Wildman–Crippen MR) is 81.0 cm³/mol. The van der Waals surface area contributed by atoms with Crippen LogP contribution < -0.4 is 11.0 Å². The van der Waals surface area contributed by atoms with E-state index in [2.05, 4.69) is 31.2 Å². The number of nitrogens with one attached hydrogen (secondary N) is 3. The second-order valence-corrected chi connectivity index (χ2v) is 5.28. The van der Waals surface area contributed by atoms with E-state index in [0.29, 0.717) is 21.2 Å². The van der Waals surface area contributed by atoms with Gasteiger partial charge in [-0.15, -0.1) is 0 Å². The van der Waals surface area contributed by atoms with Gasteiger partial charge in [0, 0.05) is 11.3 Å². The van der Waals surface area contributed by atoms with Crippen LogP contribution in [-0.2, 0) is 0 Å². The van der Waals surface area contributed by atoms with E-state index in [1.54, 1.807) is 18.2 Å². The number of benzene rings is 2. The Balaban J connectivity index is 1.88. The Bertz CT molecular complexity index is 901. The first-order chi connectivity index (χ1) is 10.0. The number of carbonyl (C=O) groups excluding carboxylic acids is 1. The van der Waals surface area contributed by atoms with Gasteiger partial charge in [-0.2, -0.15) is 0 Å². The number of carbonyl (C=O) groups is 1. The maximum atomic E-state index is 13.4. The highest BCUT2D eigenvalue weighted by molar-refractivity contribution is 9.10. The number of aromatic amines is 2. The minimum atomic E-state index is -0.506. The summed E-state index contributed by atoms with van der Waals surface area (Å²) in [5, 5.41) is 2.65. The highest BCUT2D eigenvalue weighted by atomic mass is 79.9. The summed E-state index contributed by atoms with van der Waals surface area (Å²) in [5.41, 5.74) is 1.63. The molecule has 0 unspecified atom stereocenters. The van der Waals surface area contributed by atoms with Crippen molar-refractivity contribution < 1.29 is 9.18 Å². The summed E-state index contributed by atoms with van der Waals surface area (Å²) in [4.78, 5) is 28.4. The number of halogens is 2. The molecule has 0 fully saturated rings. The number of hydrogen-bond donors (Lipinski definition) is 3. The van der Waals surface area contributed by atoms with Crippen LogP contribution >= 0.6 is 15.9 Å². The molecule has 0 spiro atoms.